The molecular formula is C15H12ClN3O4. The van der Waals surface area contributed by atoms with Crippen molar-refractivity contribution in [1.29, 1.82) is 0 Å². The number of hydrogen-bond acceptors (Lipinski definition) is 5. The molecule has 1 atom stereocenters. The predicted octanol–water partition coefficient (Wildman–Crippen LogP) is 2.75. The lowest BCUT2D eigenvalue weighted by Gasteiger charge is -2.27. The fraction of sp³-hybridized carbons (Fsp3) is 0.200. The molecule has 0 fully saturated rings. The monoisotopic (exact) mass is 333 g/mol. The van der Waals surface area contributed by atoms with E-state index in [2.05, 4.69) is 10.2 Å². The summed E-state index contributed by atoms with van der Waals surface area (Å²) >= 11 is 5.81. The second kappa shape index (κ2) is 5.85. The van der Waals surface area contributed by atoms with Crippen molar-refractivity contribution in [2.24, 2.45) is 0 Å². The molecule has 0 aliphatic carbocycles. The normalized spacial score (nSPS) is 14.3. The van der Waals surface area contributed by atoms with Gasteiger partial charge in [-0.2, -0.15) is 0 Å². The van der Waals surface area contributed by atoms with Crippen LogP contribution in [0.5, 0.6) is 11.6 Å². The fourth-order valence-corrected chi connectivity index (χ4v) is 2.60. The van der Waals surface area contributed by atoms with Gasteiger partial charge in [-0.25, -0.2) is 4.79 Å². The molecule has 0 spiro atoms. The van der Waals surface area contributed by atoms with E-state index < -0.39 is 17.9 Å². The number of benzene rings is 1. The zero-order chi connectivity index (χ0) is 16.6. The highest BCUT2D eigenvalue weighted by Gasteiger charge is 2.36. The maximum atomic E-state index is 12.9. The summed E-state index contributed by atoms with van der Waals surface area (Å²) in [4.78, 5) is 25.7. The molecule has 3 rings (SSSR count). The van der Waals surface area contributed by atoms with Crippen LogP contribution in [0.15, 0.2) is 30.3 Å². The number of nitrogens with zero attached hydrogens (tertiary/aromatic N) is 3. The summed E-state index contributed by atoms with van der Waals surface area (Å²) in [7, 11) is 0. The first-order valence-electron chi connectivity index (χ1n) is 6.89. The van der Waals surface area contributed by atoms with Crippen LogP contribution in [0.1, 0.15) is 23.7 Å². The molecule has 0 saturated carbocycles. The van der Waals surface area contributed by atoms with Crippen molar-refractivity contribution < 1.29 is 19.4 Å². The quantitative estimate of drug-likeness (QED) is 0.928. The highest BCUT2D eigenvalue weighted by Crippen LogP contribution is 2.39. The Morgan fingerprint density at radius 1 is 1.39 bits per heavy atom. The number of ether oxygens (including phenoxy) is 1. The smallest absolute Gasteiger partial charge is 0.326 e. The summed E-state index contributed by atoms with van der Waals surface area (Å²) in [6.07, 6.45) is 0.233. The lowest BCUT2D eigenvalue weighted by Crippen LogP contribution is -2.44. The van der Waals surface area contributed by atoms with E-state index in [1.165, 1.54) is 11.0 Å². The van der Waals surface area contributed by atoms with Crippen LogP contribution in [0, 0.1) is 0 Å². The van der Waals surface area contributed by atoms with Gasteiger partial charge in [0.2, 0.25) is 0 Å². The van der Waals surface area contributed by atoms with Crippen LogP contribution in [-0.2, 0) is 4.79 Å². The molecule has 1 aromatic heterocycles. The summed E-state index contributed by atoms with van der Waals surface area (Å²) in [5.74, 6) is -1.33. The van der Waals surface area contributed by atoms with Crippen molar-refractivity contribution in [1.82, 2.24) is 10.2 Å². The SMILES string of the molecule is CCC(C(=O)O)N1C(=O)c2cc(Cl)nnc2Oc2ccccc21. The molecule has 0 bridgehead atoms. The number of halogens is 1. The molecule has 23 heavy (non-hydrogen) atoms. The Morgan fingerprint density at radius 3 is 2.83 bits per heavy atom. The summed E-state index contributed by atoms with van der Waals surface area (Å²) in [6, 6.07) is 6.96. The van der Waals surface area contributed by atoms with Crippen molar-refractivity contribution in [2.75, 3.05) is 4.90 Å². The van der Waals surface area contributed by atoms with Crippen LogP contribution in [-0.4, -0.2) is 33.2 Å². The van der Waals surface area contributed by atoms with Crippen molar-refractivity contribution in [3.05, 3.63) is 41.0 Å². The van der Waals surface area contributed by atoms with Gasteiger partial charge >= 0.3 is 5.97 Å². The molecule has 7 nitrogen and oxygen atoms in total. The second-order valence-electron chi connectivity index (χ2n) is 4.89. The molecule has 1 amide bonds. The van der Waals surface area contributed by atoms with E-state index in [4.69, 9.17) is 16.3 Å². The largest absolute Gasteiger partial charge is 0.480 e. The Labute approximate surface area is 136 Å². The second-order valence-corrected chi connectivity index (χ2v) is 5.28. The lowest BCUT2D eigenvalue weighted by atomic mass is 10.1. The minimum Gasteiger partial charge on any atom is -0.480 e. The van der Waals surface area contributed by atoms with Crippen LogP contribution < -0.4 is 9.64 Å². The molecule has 1 aliphatic rings. The Hall–Kier alpha value is -2.67. The summed E-state index contributed by atoms with van der Waals surface area (Å²) in [6.45, 7) is 1.69. The number of rotatable bonds is 3. The minimum absolute atomic E-state index is 0.00501. The van der Waals surface area contributed by atoms with Crippen LogP contribution in [0.2, 0.25) is 5.15 Å². The van der Waals surface area contributed by atoms with E-state index in [9.17, 15) is 14.7 Å². The molecule has 1 N–H and O–H groups in total. The number of carbonyl (C=O) groups is 2. The average Bonchev–Trinajstić information content (AvgIpc) is 2.64. The molecular weight excluding hydrogens is 322 g/mol. The third-order valence-electron chi connectivity index (χ3n) is 3.49. The van der Waals surface area contributed by atoms with Gasteiger partial charge in [0.15, 0.2) is 10.9 Å². The fourth-order valence-electron chi connectivity index (χ4n) is 2.45. The molecule has 118 valence electrons. The van der Waals surface area contributed by atoms with Crippen LogP contribution >= 0.6 is 11.6 Å². The molecule has 1 aliphatic heterocycles. The topological polar surface area (TPSA) is 92.6 Å². The molecule has 1 aromatic carbocycles. The maximum absolute atomic E-state index is 12.9. The summed E-state index contributed by atoms with van der Waals surface area (Å²) in [5.41, 5.74) is 0.432. The lowest BCUT2D eigenvalue weighted by molar-refractivity contribution is -0.138. The van der Waals surface area contributed by atoms with Crippen LogP contribution in [0.3, 0.4) is 0 Å². The molecule has 2 heterocycles. The van der Waals surface area contributed by atoms with Gasteiger partial charge in [-0.15, -0.1) is 10.2 Å². The summed E-state index contributed by atoms with van der Waals surface area (Å²) in [5, 5.41) is 17.0. The predicted molar refractivity (Wildman–Crippen MR) is 82.1 cm³/mol. The number of para-hydroxylation sites is 2. The molecule has 0 radical (unpaired) electrons. The van der Waals surface area contributed by atoms with Crippen molar-refractivity contribution in [2.45, 2.75) is 19.4 Å². The average molecular weight is 334 g/mol. The van der Waals surface area contributed by atoms with Crippen LogP contribution in [0.25, 0.3) is 0 Å². The van der Waals surface area contributed by atoms with E-state index in [1.54, 1.807) is 31.2 Å². The van der Waals surface area contributed by atoms with Crippen molar-refractivity contribution >= 4 is 29.2 Å². The van der Waals surface area contributed by atoms with E-state index in [1.807, 2.05) is 0 Å². The minimum atomic E-state index is -1.10. The first-order valence-corrected chi connectivity index (χ1v) is 7.27. The third kappa shape index (κ3) is 2.59. The number of carbonyl (C=O) groups excluding carboxylic acids is 1. The van der Waals surface area contributed by atoms with Gasteiger partial charge in [-0.1, -0.05) is 30.7 Å². The summed E-state index contributed by atoms with van der Waals surface area (Å²) < 4.78 is 5.64. The Bertz CT molecular complexity index is 796. The first-order chi connectivity index (χ1) is 11.0. The zero-order valence-corrected chi connectivity index (χ0v) is 12.8. The number of anilines is 1. The Balaban J connectivity index is 2.24. The van der Waals surface area contributed by atoms with Gasteiger partial charge < -0.3 is 9.84 Å². The Kier molecular flexibility index (Phi) is 3.87. The first kappa shape index (κ1) is 15.2. The van der Waals surface area contributed by atoms with E-state index in [0.29, 0.717) is 11.4 Å². The van der Waals surface area contributed by atoms with Crippen molar-refractivity contribution in [3.8, 4) is 11.6 Å². The Morgan fingerprint density at radius 2 is 2.13 bits per heavy atom. The zero-order valence-electron chi connectivity index (χ0n) is 12.1. The van der Waals surface area contributed by atoms with Gasteiger partial charge in [0.25, 0.3) is 11.8 Å². The van der Waals surface area contributed by atoms with Crippen LogP contribution in [0.4, 0.5) is 5.69 Å². The highest BCUT2D eigenvalue weighted by atomic mass is 35.5. The van der Waals surface area contributed by atoms with Gasteiger partial charge in [-0.3, -0.25) is 9.69 Å². The number of hydrogen-bond donors (Lipinski definition) is 1. The van der Waals surface area contributed by atoms with E-state index in [-0.39, 0.29) is 23.0 Å². The van der Waals surface area contributed by atoms with Crippen molar-refractivity contribution in [3.63, 3.8) is 0 Å². The van der Waals surface area contributed by atoms with E-state index >= 15 is 0 Å². The number of aliphatic carboxylic acids is 1. The van der Waals surface area contributed by atoms with Gasteiger partial charge in [0.05, 0.1) is 5.69 Å². The van der Waals surface area contributed by atoms with Gasteiger partial charge in [0.1, 0.15) is 11.6 Å². The van der Waals surface area contributed by atoms with Gasteiger partial charge in [0, 0.05) is 0 Å². The molecule has 2 aromatic rings. The third-order valence-corrected chi connectivity index (χ3v) is 3.68. The number of aromatic nitrogens is 2. The number of amides is 1. The molecule has 8 heteroatoms. The maximum Gasteiger partial charge on any atom is 0.326 e. The number of carboxylic acids is 1. The van der Waals surface area contributed by atoms with Gasteiger partial charge in [-0.05, 0) is 24.6 Å². The standard InChI is InChI=1S/C15H12ClN3O4/c1-2-9(15(21)22)19-10-5-3-4-6-11(10)23-13-8(14(19)20)7-12(16)17-18-13/h3-7,9H,2H2,1H3,(H,21,22). The number of fused-ring (bicyclic) bond motifs is 2. The van der Waals surface area contributed by atoms with E-state index in [0.717, 1.165) is 0 Å². The molecule has 0 saturated heterocycles. The number of carboxylic acid groups (broad SMARTS) is 1. The molecule has 1 unspecified atom stereocenters. The highest BCUT2D eigenvalue weighted by molar-refractivity contribution is 6.30.